The maximum atomic E-state index is 13.7. The molecule has 2 atom stereocenters. The smallest absolute Gasteiger partial charge is 0.127 e. The van der Waals surface area contributed by atoms with Crippen LogP contribution in [0.5, 0.6) is 0 Å². The molecule has 2 unspecified atom stereocenters. The predicted molar refractivity (Wildman–Crippen MR) is 71.5 cm³/mol. The zero-order valence-electron chi connectivity index (χ0n) is 11.3. The van der Waals surface area contributed by atoms with Crippen LogP contribution in [0.3, 0.4) is 0 Å². The fourth-order valence-electron chi connectivity index (χ4n) is 2.23. The lowest BCUT2D eigenvalue weighted by molar-refractivity contribution is 0.336. The van der Waals surface area contributed by atoms with Gasteiger partial charge in [0, 0.05) is 17.6 Å². The Morgan fingerprint density at radius 1 is 1.12 bits per heavy atom. The van der Waals surface area contributed by atoms with Crippen molar-refractivity contribution in [1.82, 2.24) is 5.32 Å². The molecule has 1 aromatic rings. The van der Waals surface area contributed by atoms with Crippen molar-refractivity contribution in [2.24, 2.45) is 5.92 Å². The molecule has 17 heavy (non-hydrogen) atoms. The van der Waals surface area contributed by atoms with Crippen molar-refractivity contribution in [2.75, 3.05) is 0 Å². The highest BCUT2D eigenvalue weighted by atomic mass is 19.1. The molecular weight excluding hydrogens is 213 g/mol. The lowest BCUT2D eigenvalue weighted by atomic mass is 9.97. The van der Waals surface area contributed by atoms with Gasteiger partial charge >= 0.3 is 0 Å². The molecule has 0 aliphatic heterocycles. The Bertz CT molecular complexity index is 335. The van der Waals surface area contributed by atoms with Gasteiger partial charge in [0.15, 0.2) is 0 Å². The molecule has 0 saturated heterocycles. The van der Waals surface area contributed by atoms with E-state index in [-0.39, 0.29) is 11.9 Å². The van der Waals surface area contributed by atoms with E-state index in [2.05, 4.69) is 33.0 Å². The maximum absolute atomic E-state index is 13.7. The van der Waals surface area contributed by atoms with Crippen LogP contribution in [0.4, 0.5) is 4.39 Å². The van der Waals surface area contributed by atoms with E-state index in [1.54, 1.807) is 6.07 Å². The second kappa shape index (κ2) is 6.75. The Morgan fingerprint density at radius 2 is 1.76 bits per heavy atom. The summed E-state index contributed by atoms with van der Waals surface area (Å²) in [6.45, 7) is 8.67. The number of rotatable bonds is 6. The molecule has 0 fully saturated rings. The monoisotopic (exact) mass is 237 g/mol. The number of halogens is 1. The largest absolute Gasteiger partial charge is 0.307 e. The SMILES string of the molecule is CCC(NC(CC)C(C)C)c1ccccc1F. The Hall–Kier alpha value is -0.890. The van der Waals surface area contributed by atoms with E-state index in [0.717, 1.165) is 18.4 Å². The van der Waals surface area contributed by atoms with E-state index in [0.29, 0.717) is 12.0 Å². The van der Waals surface area contributed by atoms with Gasteiger partial charge in [0.1, 0.15) is 5.82 Å². The Morgan fingerprint density at radius 3 is 2.24 bits per heavy atom. The highest BCUT2D eigenvalue weighted by molar-refractivity contribution is 5.21. The van der Waals surface area contributed by atoms with Gasteiger partial charge in [0.2, 0.25) is 0 Å². The fraction of sp³-hybridized carbons (Fsp3) is 0.600. The Labute approximate surface area is 104 Å². The molecule has 1 rings (SSSR count). The van der Waals surface area contributed by atoms with Gasteiger partial charge in [-0.25, -0.2) is 4.39 Å². The Balaban J connectivity index is 2.82. The normalized spacial score (nSPS) is 14.9. The highest BCUT2D eigenvalue weighted by Crippen LogP contribution is 2.22. The van der Waals surface area contributed by atoms with E-state index in [1.165, 1.54) is 6.07 Å². The van der Waals surface area contributed by atoms with Crippen LogP contribution in [-0.4, -0.2) is 6.04 Å². The average molecular weight is 237 g/mol. The van der Waals surface area contributed by atoms with E-state index in [9.17, 15) is 4.39 Å². The van der Waals surface area contributed by atoms with Crippen molar-refractivity contribution in [2.45, 2.75) is 52.6 Å². The maximum Gasteiger partial charge on any atom is 0.127 e. The third-order valence-electron chi connectivity index (χ3n) is 3.35. The first kappa shape index (κ1) is 14.2. The predicted octanol–water partition coefficient (Wildman–Crippen LogP) is 4.30. The summed E-state index contributed by atoms with van der Waals surface area (Å²) in [5.74, 6) is 0.464. The van der Waals surface area contributed by atoms with Crippen LogP contribution in [0.1, 0.15) is 52.1 Å². The van der Waals surface area contributed by atoms with Gasteiger partial charge in [0.25, 0.3) is 0 Å². The molecule has 96 valence electrons. The van der Waals surface area contributed by atoms with Gasteiger partial charge in [-0.1, -0.05) is 45.9 Å². The molecule has 1 N–H and O–H groups in total. The summed E-state index contributed by atoms with van der Waals surface area (Å²) >= 11 is 0. The van der Waals surface area contributed by atoms with Crippen LogP contribution in [0, 0.1) is 11.7 Å². The molecule has 1 aromatic carbocycles. The third-order valence-corrected chi connectivity index (χ3v) is 3.35. The minimum Gasteiger partial charge on any atom is -0.307 e. The van der Waals surface area contributed by atoms with Crippen LogP contribution < -0.4 is 5.32 Å². The van der Waals surface area contributed by atoms with Crippen molar-refractivity contribution >= 4 is 0 Å². The zero-order chi connectivity index (χ0) is 12.8. The summed E-state index contributed by atoms with van der Waals surface area (Å²) in [6.07, 6.45) is 1.98. The molecule has 0 aliphatic rings. The molecular formula is C15H24FN. The molecule has 2 heteroatoms. The average Bonchev–Trinajstić information content (AvgIpc) is 2.31. The van der Waals surface area contributed by atoms with Crippen molar-refractivity contribution in [3.8, 4) is 0 Å². The summed E-state index contributed by atoms with van der Waals surface area (Å²) in [5.41, 5.74) is 0.786. The van der Waals surface area contributed by atoms with Gasteiger partial charge in [-0.15, -0.1) is 0 Å². The number of nitrogens with one attached hydrogen (secondary N) is 1. The lowest BCUT2D eigenvalue weighted by Gasteiger charge is -2.27. The van der Waals surface area contributed by atoms with Crippen LogP contribution in [0.15, 0.2) is 24.3 Å². The quantitative estimate of drug-likeness (QED) is 0.777. The molecule has 0 heterocycles. The minimum atomic E-state index is -0.106. The number of benzene rings is 1. The first-order chi connectivity index (χ1) is 8.10. The van der Waals surface area contributed by atoms with Crippen molar-refractivity contribution < 1.29 is 4.39 Å². The summed E-state index contributed by atoms with van der Waals surface area (Å²) in [6, 6.07) is 7.62. The third kappa shape index (κ3) is 3.81. The van der Waals surface area contributed by atoms with Gasteiger partial charge in [-0.05, 0) is 24.8 Å². The standard InChI is InChI=1S/C15H24FN/c1-5-14(11(3)4)17-15(6-2)12-9-7-8-10-13(12)16/h7-11,14-15,17H,5-6H2,1-4H3. The summed E-state index contributed by atoms with van der Waals surface area (Å²) in [7, 11) is 0. The molecule has 0 aliphatic carbocycles. The van der Waals surface area contributed by atoms with E-state index < -0.39 is 0 Å². The van der Waals surface area contributed by atoms with Gasteiger partial charge in [-0.3, -0.25) is 0 Å². The van der Waals surface area contributed by atoms with E-state index in [4.69, 9.17) is 0 Å². The van der Waals surface area contributed by atoms with Crippen molar-refractivity contribution in [3.63, 3.8) is 0 Å². The van der Waals surface area contributed by atoms with E-state index in [1.807, 2.05) is 12.1 Å². The van der Waals surface area contributed by atoms with Crippen LogP contribution >= 0.6 is 0 Å². The second-order valence-electron chi connectivity index (χ2n) is 4.91. The molecule has 0 amide bonds. The summed E-state index contributed by atoms with van der Waals surface area (Å²) < 4.78 is 13.7. The highest BCUT2D eigenvalue weighted by Gasteiger charge is 2.18. The minimum absolute atomic E-state index is 0.106. The van der Waals surface area contributed by atoms with Crippen LogP contribution in [-0.2, 0) is 0 Å². The van der Waals surface area contributed by atoms with Crippen molar-refractivity contribution in [3.05, 3.63) is 35.6 Å². The fourth-order valence-corrected chi connectivity index (χ4v) is 2.23. The molecule has 0 saturated carbocycles. The number of hydrogen-bond acceptors (Lipinski definition) is 1. The first-order valence-electron chi connectivity index (χ1n) is 6.60. The topological polar surface area (TPSA) is 12.0 Å². The molecule has 0 radical (unpaired) electrons. The van der Waals surface area contributed by atoms with Crippen LogP contribution in [0.2, 0.25) is 0 Å². The first-order valence-corrected chi connectivity index (χ1v) is 6.60. The molecule has 1 nitrogen and oxygen atoms in total. The zero-order valence-corrected chi connectivity index (χ0v) is 11.3. The summed E-state index contributed by atoms with van der Waals surface area (Å²) in [5, 5.41) is 3.57. The van der Waals surface area contributed by atoms with Gasteiger partial charge in [0.05, 0.1) is 0 Å². The van der Waals surface area contributed by atoms with Gasteiger partial charge < -0.3 is 5.32 Å². The molecule has 0 spiro atoms. The molecule has 0 bridgehead atoms. The Kier molecular flexibility index (Phi) is 5.63. The lowest BCUT2D eigenvalue weighted by Crippen LogP contribution is -2.36. The van der Waals surface area contributed by atoms with Crippen molar-refractivity contribution in [1.29, 1.82) is 0 Å². The van der Waals surface area contributed by atoms with E-state index >= 15 is 0 Å². The second-order valence-corrected chi connectivity index (χ2v) is 4.91. The van der Waals surface area contributed by atoms with Gasteiger partial charge in [-0.2, -0.15) is 0 Å². The number of hydrogen-bond donors (Lipinski definition) is 1. The molecule has 0 aromatic heterocycles. The summed E-state index contributed by atoms with van der Waals surface area (Å²) in [4.78, 5) is 0. The van der Waals surface area contributed by atoms with Crippen LogP contribution in [0.25, 0.3) is 0 Å².